The summed E-state index contributed by atoms with van der Waals surface area (Å²) in [5, 5.41) is 21.8. The summed E-state index contributed by atoms with van der Waals surface area (Å²) in [5.41, 5.74) is 0.173. The molecule has 0 atom stereocenters. The van der Waals surface area contributed by atoms with Gasteiger partial charge in [-0.2, -0.15) is 0 Å². The van der Waals surface area contributed by atoms with Gasteiger partial charge in [0.1, 0.15) is 0 Å². The van der Waals surface area contributed by atoms with Crippen LogP contribution >= 0.6 is 0 Å². The summed E-state index contributed by atoms with van der Waals surface area (Å²) in [6.45, 7) is 0. The van der Waals surface area contributed by atoms with E-state index in [0.29, 0.717) is 5.56 Å². The van der Waals surface area contributed by atoms with Crippen molar-refractivity contribution in [1.82, 2.24) is 0 Å². The van der Waals surface area contributed by atoms with E-state index in [0.717, 1.165) is 27.6 Å². The van der Waals surface area contributed by atoms with E-state index < -0.39 is 11.9 Å². The molecule has 0 saturated heterocycles. The Morgan fingerprint density at radius 3 is 2.09 bits per heavy atom. The molecule has 0 aliphatic rings. The van der Waals surface area contributed by atoms with Gasteiger partial charge in [0.15, 0.2) is 0 Å². The Bertz CT molecular complexity index is 938. The number of hydrogen-bond donors (Lipinski definition) is 2. The number of carboxylic acids is 2. The lowest BCUT2D eigenvalue weighted by atomic mass is 9.95. The number of carbonyl (C=O) groups is 2. The molecule has 0 aromatic heterocycles. The monoisotopic (exact) mass is 292 g/mol. The van der Waals surface area contributed by atoms with Crippen LogP contribution in [0.1, 0.15) is 5.56 Å². The van der Waals surface area contributed by atoms with Crippen molar-refractivity contribution in [3.63, 3.8) is 0 Å². The summed E-state index contributed by atoms with van der Waals surface area (Å²) >= 11 is 0. The van der Waals surface area contributed by atoms with Crippen LogP contribution in [0.2, 0.25) is 0 Å². The third kappa shape index (κ3) is 2.42. The highest BCUT2D eigenvalue weighted by Gasteiger charge is 2.15. The molecule has 4 heteroatoms. The Morgan fingerprint density at radius 1 is 0.818 bits per heavy atom. The lowest BCUT2D eigenvalue weighted by Gasteiger charge is -2.09. The molecule has 0 aliphatic carbocycles. The van der Waals surface area contributed by atoms with Crippen LogP contribution in [-0.2, 0) is 9.59 Å². The maximum Gasteiger partial charge on any atom is 0.336 e. The highest BCUT2D eigenvalue weighted by atomic mass is 16.4. The van der Waals surface area contributed by atoms with Crippen molar-refractivity contribution in [2.24, 2.45) is 0 Å². The fraction of sp³-hybridized carbons (Fsp3) is 0. The average Bonchev–Trinajstić information content (AvgIpc) is 2.49. The normalized spacial score (nSPS) is 11.7. The summed E-state index contributed by atoms with van der Waals surface area (Å²) < 4.78 is 0. The second-order valence-electron chi connectivity index (χ2n) is 4.93. The Morgan fingerprint density at radius 2 is 1.45 bits per heavy atom. The smallest absolute Gasteiger partial charge is 0.336 e. The van der Waals surface area contributed by atoms with Gasteiger partial charge in [-0.15, -0.1) is 0 Å². The van der Waals surface area contributed by atoms with Gasteiger partial charge in [-0.05, 0) is 39.2 Å². The van der Waals surface area contributed by atoms with Crippen LogP contribution in [0, 0.1) is 0 Å². The molecular weight excluding hydrogens is 280 g/mol. The number of fused-ring (bicyclic) bond motifs is 2. The van der Waals surface area contributed by atoms with E-state index in [2.05, 4.69) is 0 Å². The first-order valence-electron chi connectivity index (χ1n) is 6.66. The summed E-state index contributed by atoms with van der Waals surface area (Å²) in [5.74, 6) is -2.54. The molecule has 3 aromatic rings. The van der Waals surface area contributed by atoms with Gasteiger partial charge in [-0.1, -0.05) is 42.5 Å². The minimum absolute atomic E-state index is 0.228. The third-order valence-corrected chi connectivity index (χ3v) is 3.54. The van der Waals surface area contributed by atoms with Gasteiger partial charge in [0.2, 0.25) is 0 Å². The first kappa shape index (κ1) is 13.8. The lowest BCUT2D eigenvalue weighted by molar-refractivity contribution is -0.133. The predicted molar refractivity (Wildman–Crippen MR) is 84.7 cm³/mol. The Kier molecular flexibility index (Phi) is 3.35. The molecule has 0 aliphatic heterocycles. The fourth-order valence-corrected chi connectivity index (χ4v) is 2.58. The topological polar surface area (TPSA) is 74.6 Å². The van der Waals surface area contributed by atoms with Gasteiger partial charge in [0.05, 0.1) is 5.57 Å². The second kappa shape index (κ2) is 5.33. The van der Waals surface area contributed by atoms with Crippen molar-refractivity contribution in [1.29, 1.82) is 0 Å². The molecule has 0 saturated carbocycles. The highest BCUT2D eigenvalue weighted by Crippen LogP contribution is 2.29. The quantitative estimate of drug-likeness (QED) is 0.572. The van der Waals surface area contributed by atoms with E-state index in [9.17, 15) is 14.7 Å². The summed E-state index contributed by atoms with van der Waals surface area (Å²) in [7, 11) is 0. The van der Waals surface area contributed by atoms with Crippen molar-refractivity contribution >= 4 is 39.1 Å². The van der Waals surface area contributed by atoms with Crippen LogP contribution in [0.4, 0.5) is 0 Å². The third-order valence-electron chi connectivity index (χ3n) is 3.54. The molecule has 0 fully saturated rings. The molecule has 2 N–H and O–H groups in total. The molecule has 0 heterocycles. The zero-order valence-corrected chi connectivity index (χ0v) is 11.5. The molecule has 22 heavy (non-hydrogen) atoms. The summed E-state index contributed by atoms with van der Waals surface area (Å²) in [4.78, 5) is 22.3. The summed E-state index contributed by atoms with van der Waals surface area (Å²) in [6, 6.07) is 16.8. The SMILES string of the molecule is O=C(O)/C=C(\C(=O)O)c1cccc2cc3ccccc3cc12. The predicted octanol–water partition coefficient (Wildman–Crippen LogP) is 3.55. The Labute approximate surface area is 125 Å². The van der Waals surface area contributed by atoms with Crippen LogP contribution in [0.25, 0.3) is 27.1 Å². The standard InChI is InChI=1S/C18H12O4/c19-17(20)10-16(18(21)22)14-7-3-6-13-8-11-4-1-2-5-12(11)9-15(13)14/h1-10H,(H,19,20)(H,21,22)/b16-10-. The van der Waals surface area contributed by atoms with Crippen LogP contribution in [0.15, 0.2) is 60.7 Å². The van der Waals surface area contributed by atoms with Gasteiger partial charge in [0, 0.05) is 6.08 Å². The molecule has 0 bridgehead atoms. The van der Waals surface area contributed by atoms with Gasteiger partial charge >= 0.3 is 11.9 Å². The van der Waals surface area contributed by atoms with E-state index in [1.165, 1.54) is 0 Å². The first-order valence-corrected chi connectivity index (χ1v) is 6.66. The van der Waals surface area contributed by atoms with Crippen molar-refractivity contribution in [2.45, 2.75) is 0 Å². The minimum Gasteiger partial charge on any atom is -0.478 e. The number of aliphatic carboxylic acids is 2. The first-order chi connectivity index (χ1) is 10.6. The molecular formula is C18H12O4. The molecule has 0 unspecified atom stereocenters. The van der Waals surface area contributed by atoms with E-state index in [1.807, 2.05) is 42.5 Å². The molecule has 0 radical (unpaired) electrons. The van der Waals surface area contributed by atoms with E-state index in [1.54, 1.807) is 12.1 Å². The molecule has 0 amide bonds. The van der Waals surface area contributed by atoms with Gasteiger partial charge < -0.3 is 10.2 Å². The molecule has 4 nitrogen and oxygen atoms in total. The van der Waals surface area contributed by atoms with Crippen LogP contribution in [0.5, 0.6) is 0 Å². The summed E-state index contributed by atoms with van der Waals surface area (Å²) in [6.07, 6.45) is 0.728. The van der Waals surface area contributed by atoms with Crippen LogP contribution in [-0.4, -0.2) is 22.2 Å². The zero-order chi connectivity index (χ0) is 15.7. The molecule has 108 valence electrons. The van der Waals surface area contributed by atoms with Crippen molar-refractivity contribution in [3.8, 4) is 0 Å². The second-order valence-corrected chi connectivity index (χ2v) is 4.93. The van der Waals surface area contributed by atoms with E-state index in [4.69, 9.17) is 5.11 Å². The molecule has 0 spiro atoms. The van der Waals surface area contributed by atoms with Gasteiger partial charge in [-0.3, -0.25) is 0 Å². The maximum atomic E-state index is 11.4. The lowest BCUT2D eigenvalue weighted by Crippen LogP contribution is -2.03. The average molecular weight is 292 g/mol. The van der Waals surface area contributed by atoms with Crippen LogP contribution < -0.4 is 0 Å². The number of hydrogen-bond acceptors (Lipinski definition) is 2. The fourth-order valence-electron chi connectivity index (χ4n) is 2.58. The van der Waals surface area contributed by atoms with Crippen molar-refractivity contribution in [3.05, 3.63) is 66.2 Å². The van der Waals surface area contributed by atoms with Crippen LogP contribution in [0.3, 0.4) is 0 Å². The highest BCUT2D eigenvalue weighted by molar-refractivity contribution is 6.23. The Balaban J connectivity index is 2.36. The van der Waals surface area contributed by atoms with E-state index in [-0.39, 0.29) is 5.57 Å². The molecule has 3 aromatic carbocycles. The number of rotatable bonds is 3. The van der Waals surface area contributed by atoms with Crippen molar-refractivity contribution in [2.75, 3.05) is 0 Å². The molecule has 3 rings (SSSR count). The minimum atomic E-state index is -1.28. The maximum absolute atomic E-state index is 11.4. The van der Waals surface area contributed by atoms with E-state index >= 15 is 0 Å². The van der Waals surface area contributed by atoms with Gasteiger partial charge in [-0.25, -0.2) is 9.59 Å². The Hall–Kier alpha value is -3.14. The largest absolute Gasteiger partial charge is 0.478 e. The van der Waals surface area contributed by atoms with Gasteiger partial charge in [0.25, 0.3) is 0 Å². The van der Waals surface area contributed by atoms with Crippen molar-refractivity contribution < 1.29 is 19.8 Å². The number of benzene rings is 3. The number of carboxylic acid groups (broad SMARTS) is 2. The zero-order valence-electron chi connectivity index (χ0n) is 11.5.